The maximum Gasteiger partial charge on any atom is 0.167 e. The maximum atomic E-state index is 12.8. The highest BCUT2D eigenvalue weighted by Gasteiger charge is 2.26. The number of nitrogens with zero attached hydrogens (tertiary/aromatic N) is 1. The van der Waals surface area contributed by atoms with Gasteiger partial charge in [-0.3, -0.25) is 9.69 Å². The summed E-state index contributed by atoms with van der Waals surface area (Å²) in [6.07, 6.45) is 1.97. The van der Waals surface area contributed by atoms with Gasteiger partial charge in [0.2, 0.25) is 0 Å². The lowest BCUT2D eigenvalue weighted by molar-refractivity contribution is 0.0811. The van der Waals surface area contributed by atoms with Crippen LogP contribution in [0, 0.1) is 5.92 Å². The molecule has 1 fully saturated rings. The summed E-state index contributed by atoms with van der Waals surface area (Å²) in [5.74, 6) is 1.10. The van der Waals surface area contributed by atoms with Gasteiger partial charge in [0.25, 0.3) is 0 Å². The Bertz CT molecular complexity index is 776. The van der Waals surface area contributed by atoms with Crippen LogP contribution in [-0.2, 0) is 17.9 Å². The third kappa shape index (κ3) is 5.10. The third-order valence-electron chi connectivity index (χ3n) is 5.06. The molecule has 0 saturated carbocycles. The van der Waals surface area contributed by atoms with Crippen molar-refractivity contribution in [1.29, 1.82) is 0 Å². The van der Waals surface area contributed by atoms with Crippen LogP contribution in [0.25, 0.3) is 0 Å². The van der Waals surface area contributed by atoms with Crippen molar-refractivity contribution in [1.82, 2.24) is 4.90 Å². The molecule has 0 bridgehead atoms. The lowest BCUT2D eigenvalue weighted by atomic mass is 9.90. The summed E-state index contributed by atoms with van der Waals surface area (Å²) in [4.78, 5) is 15.2. The van der Waals surface area contributed by atoms with Gasteiger partial charge in [0.15, 0.2) is 5.78 Å². The Morgan fingerprint density at radius 2 is 1.96 bits per heavy atom. The minimum absolute atomic E-state index is 0.0385. The molecule has 0 radical (unpaired) electrons. The first-order valence-corrected chi connectivity index (χ1v) is 9.65. The molecule has 2 aromatic rings. The number of likely N-dealkylation sites (tertiary alicyclic amines) is 1. The Morgan fingerprint density at radius 1 is 1.19 bits per heavy atom. The van der Waals surface area contributed by atoms with Crippen LogP contribution in [0.2, 0.25) is 5.02 Å². The van der Waals surface area contributed by atoms with E-state index in [1.54, 1.807) is 26.4 Å². The fraction of sp³-hybridized carbons (Fsp3) is 0.409. The number of hydrogen-bond acceptors (Lipinski definition) is 4. The first-order chi connectivity index (χ1) is 13.1. The van der Waals surface area contributed by atoms with Crippen LogP contribution in [0.1, 0.15) is 34.3 Å². The number of piperidine rings is 1. The zero-order chi connectivity index (χ0) is 19.2. The second kappa shape index (κ2) is 9.36. The molecule has 1 aliphatic rings. The molecular weight excluding hydrogens is 362 g/mol. The largest absolute Gasteiger partial charge is 0.496 e. The summed E-state index contributed by atoms with van der Waals surface area (Å²) in [5.41, 5.74) is 3.00. The Labute approximate surface area is 166 Å². The van der Waals surface area contributed by atoms with E-state index in [0.29, 0.717) is 11.6 Å². The lowest BCUT2D eigenvalue weighted by Crippen LogP contribution is -2.38. The van der Waals surface area contributed by atoms with E-state index in [2.05, 4.69) is 17.0 Å². The molecule has 0 amide bonds. The standard InChI is InChI=1S/C22H26ClNO3/c1-26-15-19-12-16(5-10-21(19)27-2)13-24-11-3-4-18(14-24)22(25)17-6-8-20(23)9-7-17/h5-10,12,18H,3-4,11,13-15H2,1-2H3/t18-/m0/s1. The van der Waals surface area contributed by atoms with Gasteiger partial charge in [-0.15, -0.1) is 0 Å². The topological polar surface area (TPSA) is 38.8 Å². The Morgan fingerprint density at radius 3 is 2.67 bits per heavy atom. The molecule has 2 aromatic carbocycles. The van der Waals surface area contributed by atoms with Crippen LogP contribution in [-0.4, -0.2) is 38.0 Å². The van der Waals surface area contributed by atoms with E-state index in [1.807, 2.05) is 18.2 Å². The van der Waals surface area contributed by atoms with E-state index in [0.717, 1.165) is 49.4 Å². The molecule has 0 aromatic heterocycles. The molecule has 144 valence electrons. The molecule has 1 heterocycles. The van der Waals surface area contributed by atoms with E-state index in [-0.39, 0.29) is 11.7 Å². The van der Waals surface area contributed by atoms with Gasteiger partial charge in [0.1, 0.15) is 5.75 Å². The van der Waals surface area contributed by atoms with Crippen LogP contribution in [0.3, 0.4) is 0 Å². The van der Waals surface area contributed by atoms with Crippen molar-refractivity contribution in [3.8, 4) is 5.75 Å². The summed E-state index contributed by atoms with van der Waals surface area (Å²) in [6, 6.07) is 13.4. The summed E-state index contributed by atoms with van der Waals surface area (Å²) in [5, 5.41) is 0.656. The van der Waals surface area contributed by atoms with Crippen molar-refractivity contribution >= 4 is 17.4 Å². The summed E-state index contributed by atoms with van der Waals surface area (Å²) in [6.45, 7) is 3.14. The number of benzene rings is 2. The fourth-order valence-corrected chi connectivity index (χ4v) is 3.85. The van der Waals surface area contributed by atoms with Gasteiger partial charge >= 0.3 is 0 Å². The van der Waals surface area contributed by atoms with Crippen LogP contribution in [0.4, 0.5) is 0 Å². The number of carbonyl (C=O) groups is 1. The van der Waals surface area contributed by atoms with Crippen LogP contribution >= 0.6 is 11.6 Å². The van der Waals surface area contributed by atoms with Crippen molar-refractivity contribution < 1.29 is 14.3 Å². The van der Waals surface area contributed by atoms with Crippen molar-refractivity contribution in [2.75, 3.05) is 27.3 Å². The van der Waals surface area contributed by atoms with Crippen LogP contribution in [0.5, 0.6) is 5.75 Å². The molecule has 0 aliphatic carbocycles. The number of carbonyl (C=O) groups excluding carboxylic acids is 1. The number of rotatable bonds is 7. The van der Waals surface area contributed by atoms with Gasteiger partial charge in [-0.2, -0.15) is 0 Å². The zero-order valence-electron chi connectivity index (χ0n) is 15.9. The van der Waals surface area contributed by atoms with Gasteiger partial charge < -0.3 is 9.47 Å². The molecule has 0 unspecified atom stereocenters. The molecule has 0 spiro atoms. The highest BCUT2D eigenvalue weighted by Crippen LogP contribution is 2.25. The van der Waals surface area contributed by atoms with Gasteiger partial charge in [-0.1, -0.05) is 17.7 Å². The van der Waals surface area contributed by atoms with E-state index in [4.69, 9.17) is 21.1 Å². The number of methoxy groups -OCH3 is 2. The maximum absolute atomic E-state index is 12.8. The van der Waals surface area contributed by atoms with Crippen molar-refractivity contribution in [2.24, 2.45) is 5.92 Å². The van der Waals surface area contributed by atoms with Crippen molar-refractivity contribution in [3.05, 3.63) is 64.2 Å². The number of hydrogen-bond donors (Lipinski definition) is 0. The normalized spacial score (nSPS) is 17.7. The number of halogens is 1. The highest BCUT2D eigenvalue weighted by molar-refractivity contribution is 6.30. The van der Waals surface area contributed by atoms with Crippen LogP contribution in [0.15, 0.2) is 42.5 Å². The first kappa shape index (κ1) is 19.9. The molecule has 1 aliphatic heterocycles. The Balaban J connectivity index is 1.67. The second-order valence-electron chi connectivity index (χ2n) is 7.02. The molecule has 4 nitrogen and oxygen atoms in total. The monoisotopic (exact) mass is 387 g/mol. The SMILES string of the molecule is COCc1cc(CN2CCC[C@H](C(=O)c3ccc(Cl)cc3)C2)ccc1OC. The van der Waals surface area contributed by atoms with E-state index in [1.165, 1.54) is 5.56 Å². The predicted octanol–water partition coefficient (Wildman–Crippen LogP) is 4.59. The van der Waals surface area contributed by atoms with Gasteiger partial charge in [-0.05, 0) is 61.3 Å². The predicted molar refractivity (Wildman–Crippen MR) is 107 cm³/mol. The quantitative estimate of drug-likeness (QED) is 0.651. The van der Waals surface area contributed by atoms with Gasteiger partial charge in [0.05, 0.1) is 13.7 Å². The Hall–Kier alpha value is -1.88. The average molecular weight is 388 g/mol. The molecule has 1 saturated heterocycles. The van der Waals surface area contributed by atoms with Gasteiger partial charge in [-0.25, -0.2) is 0 Å². The molecule has 5 heteroatoms. The third-order valence-corrected chi connectivity index (χ3v) is 5.31. The molecular formula is C22H26ClNO3. The van der Waals surface area contributed by atoms with E-state index in [9.17, 15) is 4.79 Å². The summed E-state index contributed by atoms with van der Waals surface area (Å²) >= 11 is 5.93. The van der Waals surface area contributed by atoms with Crippen molar-refractivity contribution in [3.63, 3.8) is 0 Å². The Kier molecular flexibility index (Phi) is 6.89. The van der Waals surface area contributed by atoms with Gasteiger partial charge in [0, 0.05) is 42.3 Å². The van der Waals surface area contributed by atoms with E-state index >= 15 is 0 Å². The summed E-state index contributed by atoms with van der Waals surface area (Å²) < 4.78 is 10.7. The van der Waals surface area contributed by atoms with E-state index < -0.39 is 0 Å². The van der Waals surface area contributed by atoms with Crippen LogP contribution < -0.4 is 4.74 Å². The number of Topliss-reactive ketones (excluding diaryl/α,β-unsaturated/α-hetero) is 1. The zero-order valence-corrected chi connectivity index (χ0v) is 16.7. The minimum atomic E-state index is 0.0385. The highest BCUT2D eigenvalue weighted by atomic mass is 35.5. The first-order valence-electron chi connectivity index (χ1n) is 9.27. The molecule has 1 atom stereocenters. The smallest absolute Gasteiger partial charge is 0.167 e. The molecule has 0 N–H and O–H groups in total. The fourth-order valence-electron chi connectivity index (χ4n) is 3.72. The number of ether oxygens (including phenoxy) is 2. The number of ketones is 1. The second-order valence-corrected chi connectivity index (χ2v) is 7.46. The lowest BCUT2D eigenvalue weighted by Gasteiger charge is -2.32. The average Bonchev–Trinajstić information content (AvgIpc) is 2.69. The summed E-state index contributed by atoms with van der Waals surface area (Å²) in [7, 11) is 3.36. The van der Waals surface area contributed by atoms with Crippen molar-refractivity contribution in [2.45, 2.75) is 26.0 Å². The minimum Gasteiger partial charge on any atom is -0.496 e. The molecule has 3 rings (SSSR count). The molecule has 27 heavy (non-hydrogen) atoms.